The zero-order valence-electron chi connectivity index (χ0n) is 29.8. The predicted octanol–water partition coefficient (Wildman–Crippen LogP) is 8.73. The molecule has 3 N–H and O–H groups in total. The molecule has 0 bridgehead atoms. The summed E-state index contributed by atoms with van der Waals surface area (Å²) in [6, 6.07) is 10.0. The summed E-state index contributed by atoms with van der Waals surface area (Å²) in [6.07, 6.45) is 19.4. The van der Waals surface area contributed by atoms with Crippen LogP contribution in [0.1, 0.15) is 120 Å². The molecule has 0 amide bonds. The fourth-order valence-corrected chi connectivity index (χ4v) is 6.38. The topological polar surface area (TPSA) is 161 Å². The molecule has 3 rings (SSSR count). The molecule has 3 atom stereocenters. The summed E-state index contributed by atoms with van der Waals surface area (Å²) in [4.78, 5) is 14.6. The highest BCUT2D eigenvalue weighted by Crippen LogP contribution is 2.34. The largest absolute Gasteiger partial charge is 0.382 e. The quantitative estimate of drug-likeness (QED) is 0.0577. The van der Waals surface area contributed by atoms with Gasteiger partial charge in [0.25, 0.3) is 0 Å². The lowest BCUT2D eigenvalue weighted by molar-refractivity contribution is -0.00535. The Labute approximate surface area is 298 Å². The van der Waals surface area contributed by atoms with E-state index in [0.717, 1.165) is 30.5 Å². The third-order valence-electron chi connectivity index (χ3n) is 8.56. The number of ether oxygens (including phenoxy) is 2. The SMILES string of the molecule is C#N.CCCCCCCCCCCCCCCC(COP(O)OCC(CCc1ccc2c(N)ncnn12)OC)OCc1cc(F)cc(C#N)c1. The van der Waals surface area contributed by atoms with Crippen LogP contribution in [0.2, 0.25) is 0 Å². The van der Waals surface area contributed by atoms with Crippen molar-refractivity contribution in [1.82, 2.24) is 14.6 Å². The van der Waals surface area contributed by atoms with Crippen LogP contribution in [0.25, 0.3) is 5.52 Å². The number of unbranched alkanes of at least 4 members (excludes halogenated alkanes) is 12. The Kier molecular flexibility index (Phi) is 22.8. The fourth-order valence-electron chi connectivity index (χ4n) is 5.72. The van der Waals surface area contributed by atoms with Crippen LogP contribution in [0.15, 0.2) is 36.7 Å². The number of nitriles is 2. The van der Waals surface area contributed by atoms with Gasteiger partial charge in [-0.15, -0.1) is 0 Å². The predicted molar refractivity (Wildman–Crippen MR) is 194 cm³/mol. The van der Waals surface area contributed by atoms with Crippen LogP contribution in [0.4, 0.5) is 10.2 Å². The number of hydrogen-bond donors (Lipinski definition) is 2. The summed E-state index contributed by atoms with van der Waals surface area (Å²) >= 11 is 0. The van der Waals surface area contributed by atoms with Gasteiger partial charge < -0.3 is 29.1 Å². The number of anilines is 1. The number of halogens is 1. The van der Waals surface area contributed by atoms with Gasteiger partial charge in [-0.05, 0) is 55.2 Å². The van der Waals surface area contributed by atoms with Crippen molar-refractivity contribution in [2.24, 2.45) is 0 Å². The standard InChI is InChI=1S/C36H55FN5O5P.CHN/c1-3-4-5-6-7-8-9-10-11-12-13-14-15-16-34(45-25-30-21-29(24-38)22-31(37)23-30)27-47-48(43)46-26-33(44-2)19-17-32-18-20-35-36(39)40-28-41-42(32)35;1-2/h18,20-23,28,33-34,43H,3-17,19,25-27H2,1-2H3,(H2,39,40,41);1H. The number of rotatable bonds is 27. The van der Waals surface area contributed by atoms with Crippen molar-refractivity contribution in [3.05, 3.63) is 59.3 Å². The van der Waals surface area contributed by atoms with Gasteiger partial charge >= 0.3 is 8.60 Å². The van der Waals surface area contributed by atoms with E-state index in [4.69, 9.17) is 29.5 Å². The first kappa shape index (κ1) is 42.9. The number of aromatic nitrogens is 3. The lowest BCUT2D eigenvalue weighted by Crippen LogP contribution is -2.21. The Bertz CT molecular complexity index is 1400. The third-order valence-corrected chi connectivity index (χ3v) is 9.30. The Morgan fingerprint density at radius 1 is 0.920 bits per heavy atom. The molecule has 0 saturated carbocycles. The fraction of sp³-hybridized carbons (Fsp3) is 0.622. The van der Waals surface area contributed by atoms with E-state index in [2.05, 4.69) is 23.6 Å². The number of nitrogens with two attached hydrogens (primary N) is 1. The first-order valence-electron chi connectivity index (χ1n) is 17.8. The lowest BCUT2D eigenvalue weighted by Gasteiger charge is -2.21. The average molecular weight is 715 g/mol. The number of benzene rings is 1. The summed E-state index contributed by atoms with van der Waals surface area (Å²) in [7, 11) is -0.554. The van der Waals surface area contributed by atoms with Crippen molar-refractivity contribution in [3.63, 3.8) is 0 Å². The van der Waals surface area contributed by atoms with Gasteiger partial charge in [0.05, 0.1) is 43.7 Å². The van der Waals surface area contributed by atoms with Crippen molar-refractivity contribution in [2.45, 2.75) is 128 Å². The van der Waals surface area contributed by atoms with Crippen LogP contribution in [0.5, 0.6) is 0 Å². The van der Waals surface area contributed by atoms with Gasteiger partial charge in [0.15, 0.2) is 5.82 Å². The maximum Gasteiger partial charge on any atom is 0.330 e. The van der Waals surface area contributed by atoms with E-state index in [-0.39, 0.29) is 37.6 Å². The second-order valence-corrected chi connectivity index (χ2v) is 13.4. The van der Waals surface area contributed by atoms with Gasteiger partial charge in [-0.3, -0.25) is 0 Å². The third kappa shape index (κ3) is 17.1. The van der Waals surface area contributed by atoms with Gasteiger partial charge in [0.2, 0.25) is 0 Å². The first-order valence-corrected chi connectivity index (χ1v) is 19.0. The summed E-state index contributed by atoms with van der Waals surface area (Å²) in [6.45, 7) is 6.18. The molecule has 13 heteroatoms. The highest BCUT2D eigenvalue weighted by molar-refractivity contribution is 7.40. The van der Waals surface area contributed by atoms with Gasteiger partial charge in [0, 0.05) is 19.4 Å². The highest BCUT2D eigenvalue weighted by atomic mass is 31.2. The molecule has 0 spiro atoms. The van der Waals surface area contributed by atoms with Gasteiger partial charge in [0.1, 0.15) is 17.7 Å². The van der Waals surface area contributed by atoms with Crippen LogP contribution < -0.4 is 5.73 Å². The molecular weight excluding hydrogens is 658 g/mol. The van der Waals surface area contributed by atoms with E-state index in [0.29, 0.717) is 24.2 Å². The minimum Gasteiger partial charge on any atom is -0.382 e. The molecule has 0 saturated heterocycles. The number of nitrogens with zero attached hydrogens (tertiary/aromatic N) is 5. The van der Waals surface area contributed by atoms with E-state index in [1.807, 2.05) is 18.2 Å². The van der Waals surface area contributed by atoms with Gasteiger partial charge in [-0.25, -0.2) is 19.2 Å². The van der Waals surface area contributed by atoms with E-state index < -0.39 is 14.4 Å². The molecule has 0 aliphatic carbocycles. The Morgan fingerprint density at radius 3 is 2.16 bits per heavy atom. The van der Waals surface area contributed by atoms with Crippen LogP contribution in [0.3, 0.4) is 0 Å². The molecule has 0 fully saturated rings. The van der Waals surface area contributed by atoms with Crippen LogP contribution in [0, 0.1) is 29.0 Å². The molecule has 11 nitrogen and oxygen atoms in total. The molecule has 1 aromatic carbocycles. The van der Waals surface area contributed by atoms with Gasteiger partial charge in [-0.1, -0.05) is 90.4 Å². The monoisotopic (exact) mass is 714 g/mol. The van der Waals surface area contributed by atoms with E-state index in [1.165, 1.54) is 89.1 Å². The van der Waals surface area contributed by atoms with Crippen LogP contribution >= 0.6 is 8.60 Å². The molecule has 2 aromatic heterocycles. The molecule has 3 aromatic rings. The summed E-state index contributed by atoms with van der Waals surface area (Å²) in [5.74, 6) is -0.0513. The highest BCUT2D eigenvalue weighted by Gasteiger charge is 2.18. The molecule has 0 aliphatic rings. The number of fused-ring (bicyclic) bond motifs is 1. The van der Waals surface area contributed by atoms with Gasteiger partial charge in [-0.2, -0.15) is 10.4 Å². The minimum absolute atomic E-state index is 0.135. The number of methoxy groups -OCH3 is 1. The maximum absolute atomic E-state index is 14.0. The van der Waals surface area contributed by atoms with Crippen molar-refractivity contribution in [1.29, 1.82) is 10.5 Å². The van der Waals surface area contributed by atoms with Crippen molar-refractivity contribution < 1.29 is 27.8 Å². The lowest BCUT2D eigenvalue weighted by atomic mass is 10.0. The molecule has 2 heterocycles. The first-order chi connectivity index (χ1) is 24.4. The van der Waals surface area contributed by atoms with Crippen molar-refractivity contribution in [3.8, 4) is 12.6 Å². The normalized spacial score (nSPS) is 13.0. The molecule has 50 heavy (non-hydrogen) atoms. The number of aryl methyl sites for hydroxylation is 1. The smallest absolute Gasteiger partial charge is 0.330 e. The van der Waals surface area contributed by atoms with E-state index in [9.17, 15) is 14.5 Å². The van der Waals surface area contributed by atoms with E-state index >= 15 is 0 Å². The zero-order valence-corrected chi connectivity index (χ0v) is 30.7. The Morgan fingerprint density at radius 2 is 1.54 bits per heavy atom. The summed E-state index contributed by atoms with van der Waals surface area (Å²) in [5, 5.41) is 20.0. The Hall–Kier alpha value is -3.22. The van der Waals surface area contributed by atoms with Crippen molar-refractivity contribution in [2.75, 3.05) is 26.1 Å². The average Bonchev–Trinajstić information content (AvgIpc) is 3.55. The molecule has 3 unspecified atom stereocenters. The van der Waals surface area contributed by atoms with Crippen LogP contribution in [-0.4, -0.2) is 52.0 Å². The minimum atomic E-state index is -2.16. The summed E-state index contributed by atoms with van der Waals surface area (Å²) in [5.41, 5.74) is 8.49. The number of hydrogen-bond acceptors (Lipinski definition) is 10. The zero-order chi connectivity index (χ0) is 36.4. The summed E-state index contributed by atoms with van der Waals surface area (Å²) < 4.78 is 38.8. The number of nitrogen functional groups attached to an aromatic ring is 1. The van der Waals surface area contributed by atoms with Crippen LogP contribution in [-0.2, 0) is 31.5 Å². The van der Waals surface area contributed by atoms with Crippen molar-refractivity contribution >= 4 is 19.9 Å². The van der Waals surface area contributed by atoms with E-state index in [1.54, 1.807) is 17.7 Å². The molecule has 276 valence electrons. The second-order valence-electron chi connectivity index (χ2n) is 12.4. The molecule has 0 radical (unpaired) electrons. The second kappa shape index (κ2) is 26.6. The maximum atomic E-state index is 14.0. The molecular formula is C37H56FN6O5P. The molecule has 0 aliphatic heterocycles. The Balaban J connectivity index is 0.00000425.